The average molecular weight is 320 g/mol. The third-order valence-corrected chi connectivity index (χ3v) is 3.82. The van der Waals surface area contributed by atoms with E-state index < -0.39 is 6.17 Å². The van der Waals surface area contributed by atoms with Crippen molar-refractivity contribution < 1.29 is 9.18 Å². The van der Waals surface area contributed by atoms with Crippen LogP contribution in [0.5, 0.6) is 0 Å². The number of carbonyl (C=O) groups excluding carboxylic acids is 1. The van der Waals surface area contributed by atoms with Gasteiger partial charge in [0, 0.05) is 24.8 Å². The molecule has 0 aromatic heterocycles. The molecule has 0 aliphatic carbocycles. The van der Waals surface area contributed by atoms with Crippen LogP contribution in [0.2, 0.25) is 10.0 Å². The monoisotopic (exact) mass is 319 g/mol. The van der Waals surface area contributed by atoms with Crippen molar-refractivity contribution >= 4 is 34.8 Å². The minimum Gasteiger partial charge on any atom is -0.326 e. The summed E-state index contributed by atoms with van der Waals surface area (Å²) in [6.45, 7) is 0.867. The highest BCUT2D eigenvalue weighted by atomic mass is 35.5. The molecule has 1 saturated heterocycles. The lowest BCUT2D eigenvalue weighted by atomic mass is 10.1. The number of likely N-dealkylation sites (tertiary alicyclic amines) is 1. The Bertz CT molecular complexity index is 491. The molecule has 0 spiro atoms. The van der Waals surface area contributed by atoms with Crippen LogP contribution >= 0.6 is 23.2 Å². The van der Waals surface area contributed by atoms with Gasteiger partial charge in [-0.2, -0.15) is 0 Å². The molecule has 7 heteroatoms. The maximum absolute atomic E-state index is 13.4. The number of halogens is 3. The number of nitrogens with one attached hydrogen (secondary N) is 1. The minimum atomic E-state index is -0.975. The molecule has 1 heterocycles. The third kappa shape index (κ3) is 4.31. The average Bonchev–Trinajstić information content (AvgIpc) is 2.32. The number of hydrogen-bond acceptors (Lipinski definition) is 3. The second-order valence-corrected chi connectivity index (χ2v) is 5.78. The van der Waals surface area contributed by atoms with Gasteiger partial charge in [-0.15, -0.1) is 0 Å². The Morgan fingerprint density at radius 3 is 2.80 bits per heavy atom. The Balaban J connectivity index is 1.90. The molecular formula is C13H16Cl2FN3O. The molecule has 0 unspecified atom stereocenters. The van der Waals surface area contributed by atoms with Gasteiger partial charge in [-0.1, -0.05) is 23.2 Å². The third-order valence-electron chi connectivity index (χ3n) is 3.08. The molecule has 1 aliphatic rings. The summed E-state index contributed by atoms with van der Waals surface area (Å²) in [6.07, 6.45) is -0.623. The molecule has 4 nitrogen and oxygen atoms in total. The van der Waals surface area contributed by atoms with Crippen molar-refractivity contribution in [2.45, 2.75) is 18.6 Å². The maximum atomic E-state index is 13.4. The van der Waals surface area contributed by atoms with Gasteiger partial charge in [0.25, 0.3) is 0 Å². The molecule has 110 valence electrons. The van der Waals surface area contributed by atoms with Gasteiger partial charge in [0.2, 0.25) is 5.91 Å². The number of carbonyl (C=O) groups is 1. The lowest BCUT2D eigenvalue weighted by Gasteiger charge is -2.32. The van der Waals surface area contributed by atoms with Crippen molar-refractivity contribution in [1.29, 1.82) is 0 Å². The summed E-state index contributed by atoms with van der Waals surface area (Å²) in [4.78, 5) is 13.6. The number of amides is 1. The predicted molar refractivity (Wildman–Crippen MR) is 79.0 cm³/mol. The summed E-state index contributed by atoms with van der Waals surface area (Å²) in [5.41, 5.74) is 6.29. The molecule has 1 aromatic rings. The fraction of sp³-hybridized carbons (Fsp3) is 0.462. The molecular weight excluding hydrogens is 304 g/mol. The van der Waals surface area contributed by atoms with Crippen LogP contribution in [0, 0.1) is 0 Å². The molecule has 3 N–H and O–H groups in total. The first-order valence-electron chi connectivity index (χ1n) is 6.31. The molecule has 2 atom stereocenters. The van der Waals surface area contributed by atoms with E-state index in [1.54, 1.807) is 23.1 Å². The van der Waals surface area contributed by atoms with Crippen LogP contribution < -0.4 is 11.1 Å². The predicted octanol–water partition coefficient (Wildman–Crippen LogP) is 2.30. The van der Waals surface area contributed by atoms with Crippen molar-refractivity contribution in [2.24, 2.45) is 5.73 Å². The molecule has 0 bridgehead atoms. The second-order valence-electron chi connectivity index (χ2n) is 4.96. The van der Waals surface area contributed by atoms with Gasteiger partial charge in [-0.25, -0.2) is 4.39 Å². The van der Waals surface area contributed by atoms with E-state index >= 15 is 0 Å². The van der Waals surface area contributed by atoms with E-state index in [0.717, 1.165) is 0 Å². The SMILES string of the molecule is N[C@H]1C[C@H](F)CN(CC(=O)Nc2ccc(Cl)c(Cl)c2)C1. The van der Waals surface area contributed by atoms with Crippen molar-refractivity contribution in [3.8, 4) is 0 Å². The van der Waals surface area contributed by atoms with Crippen LogP contribution in [0.3, 0.4) is 0 Å². The van der Waals surface area contributed by atoms with Crippen LogP contribution in [0.25, 0.3) is 0 Å². The summed E-state index contributed by atoms with van der Waals surface area (Å²) >= 11 is 11.7. The number of alkyl halides is 1. The summed E-state index contributed by atoms with van der Waals surface area (Å²) in [5, 5.41) is 3.49. The highest BCUT2D eigenvalue weighted by Crippen LogP contribution is 2.25. The summed E-state index contributed by atoms with van der Waals surface area (Å²) in [5.74, 6) is -0.232. The first kappa shape index (κ1) is 15.5. The number of piperidine rings is 1. The normalized spacial score (nSPS) is 23.6. The topological polar surface area (TPSA) is 58.4 Å². The number of nitrogens with zero attached hydrogens (tertiary/aromatic N) is 1. The van der Waals surface area contributed by atoms with Gasteiger partial charge in [-0.3, -0.25) is 9.69 Å². The van der Waals surface area contributed by atoms with E-state index in [1.807, 2.05) is 0 Å². The molecule has 1 amide bonds. The van der Waals surface area contributed by atoms with Crippen LogP contribution in [-0.2, 0) is 4.79 Å². The quantitative estimate of drug-likeness (QED) is 0.898. The molecule has 1 aliphatic heterocycles. The van der Waals surface area contributed by atoms with Crippen LogP contribution in [-0.4, -0.2) is 42.7 Å². The number of hydrogen-bond donors (Lipinski definition) is 2. The van der Waals surface area contributed by atoms with Gasteiger partial charge < -0.3 is 11.1 Å². The summed E-state index contributed by atoms with van der Waals surface area (Å²) < 4.78 is 13.4. The Kier molecular flexibility index (Phi) is 5.21. The van der Waals surface area contributed by atoms with Gasteiger partial charge >= 0.3 is 0 Å². The lowest BCUT2D eigenvalue weighted by Crippen LogP contribution is -2.50. The van der Waals surface area contributed by atoms with E-state index in [1.165, 1.54) is 0 Å². The fourth-order valence-electron chi connectivity index (χ4n) is 2.27. The van der Waals surface area contributed by atoms with Crippen molar-refractivity contribution in [2.75, 3.05) is 25.0 Å². The fourth-order valence-corrected chi connectivity index (χ4v) is 2.57. The Morgan fingerprint density at radius 2 is 2.15 bits per heavy atom. The highest BCUT2D eigenvalue weighted by molar-refractivity contribution is 6.42. The summed E-state index contributed by atoms with van der Waals surface area (Å²) in [7, 11) is 0. The Morgan fingerprint density at radius 1 is 1.40 bits per heavy atom. The van der Waals surface area contributed by atoms with Crippen molar-refractivity contribution in [1.82, 2.24) is 4.90 Å². The van der Waals surface area contributed by atoms with E-state index in [4.69, 9.17) is 28.9 Å². The number of rotatable bonds is 3. The first-order chi connectivity index (χ1) is 9.44. The van der Waals surface area contributed by atoms with Crippen LogP contribution in [0.4, 0.5) is 10.1 Å². The lowest BCUT2D eigenvalue weighted by molar-refractivity contribution is -0.117. The van der Waals surface area contributed by atoms with Gasteiger partial charge in [-0.05, 0) is 24.6 Å². The van der Waals surface area contributed by atoms with E-state index in [-0.39, 0.29) is 25.0 Å². The standard InChI is InChI=1S/C13H16Cl2FN3O/c14-11-2-1-10(4-12(11)15)18-13(20)7-19-5-8(16)3-9(17)6-19/h1-2,4,8-9H,3,5-7,17H2,(H,18,20)/t8-,9-/m0/s1. The summed E-state index contributed by atoms with van der Waals surface area (Å²) in [6, 6.07) is 4.61. The first-order valence-corrected chi connectivity index (χ1v) is 7.06. The molecule has 20 heavy (non-hydrogen) atoms. The van der Waals surface area contributed by atoms with Crippen LogP contribution in [0.15, 0.2) is 18.2 Å². The Hall–Kier alpha value is -0.880. The molecule has 0 saturated carbocycles. The van der Waals surface area contributed by atoms with E-state index in [2.05, 4.69) is 5.32 Å². The zero-order chi connectivity index (χ0) is 14.7. The smallest absolute Gasteiger partial charge is 0.238 e. The minimum absolute atomic E-state index is 0.106. The number of benzene rings is 1. The highest BCUT2D eigenvalue weighted by Gasteiger charge is 2.25. The zero-order valence-corrected chi connectivity index (χ0v) is 12.3. The largest absolute Gasteiger partial charge is 0.326 e. The molecule has 1 aromatic carbocycles. The van der Waals surface area contributed by atoms with Gasteiger partial charge in [0.05, 0.1) is 16.6 Å². The van der Waals surface area contributed by atoms with Crippen molar-refractivity contribution in [3.63, 3.8) is 0 Å². The van der Waals surface area contributed by atoms with Gasteiger partial charge in [0.1, 0.15) is 6.17 Å². The van der Waals surface area contributed by atoms with E-state index in [9.17, 15) is 9.18 Å². The van der Waals surface area contributed by atoms with Crippen molar-refractivity contribution in [3.05, 3.63) is 28.2 Å². The van der Waals surface area contributed by atoms with E-state index in [0.29, 0.717) is 28.7 Å². The maximum Gasteiger partial charge on any atom is 0.238 e. The molecule has 0 radical (unpaired) electrons. The number of nitrogens with two attached hydrogens (primary N) is 1. The number of anilines is 1. The molecule has 2 rings (SSSR count). The van der Waals surface area contributed by atoms with Gasteiger partial charge in [0.15, 0.2) is 0 Å². The van der Waals surface area contributed by atoms with Crippen LogP contribution in [0.1, 0.15) is 6.42 Å². The second kappa shape index (κ2) is 6.72. The Labute approximate surface area is 127 Å². The zero-order valence-electron chi connectivity index (χ0n) is 10.8. The molecule has 1 fully saturated rings.